The van der Waals surface area contributed by atoms with Crippen LogP contribution in [0.1, 0.15) is 12.8 Å². The van der Waals surface area contributed by atoms with Gasteiger partial charge in [0.05, 0.1) is 9.92 Å². The van der Waals surface area contributed by atoms with Crippen molar-refractivity contribution in [3.8, 4) is 0 Å². The maximum Gasteiger partial charge on any atom is 0.321 e. The Kier molecular flexibility index (Phi) is 4.83. The van der Waals surface area contributed by atoms with Crippen LogP contribution >= 0.6 is 11.6 Å². The van der Waals surface area contributed by atoms with E-state index in [2.05, 4.69) is 0 Å². The van der Waals surface area contributed by atoms with Crippen molar-refractivity contribution in [2.45, 2.75) is 23.8 Å². The molecule has 9 heteroatoms. The molecule has 0 amide bonds. The zero-order chi connectivity index (χ0) is 17.5. The van der Waals surface area contributed by atoms with Crippen LogP contribution in [-0.4, -0.2) is 60.9 Å². The van der Waals surface area contributed by atoms with Crippen LogP contribution in [0.3, 0.4) is 0 Å². The number of hydrogen-bond donors (Lipinski definition) is 1. The van der Waals surface area contributed by atoms with Gasteiger partial charge in [-0.25, -0.2) is 12.8 Å². The Labute approximate surface area is 144 Å². The van der Waals surface area contributed by atoms with Crippen molar-refractivity contribution in [1.29, 1.82) is 0 Å². The van der Waals surface area contributed by atoms with Crippen molar-refractivity contribution >= 4 is 27.6 Å². The molecule has 6 nitrogen and oxygen atoms in total. The summed E-state index contributed by atoms with van der Waals surface area (Å²) in [6.45, 7) is 1.13. The molecule has 2 aliphatic rings. The molecule has 1 N–H and O–H groups in total. The number of carboxylic acid groups (broad SMARTS) is 1. The number of aliphatic carboxylic acids is 1. The Morgan fingerprint density at radius 1 is 1.25 bits per heavy atom. The van der Waals surface area contributed by atoms with Crippen molar-refractivity contribution in [3.63, 3.8) is 0 Å². The van der Waals surface area contributed by atoms with Gasteiger partial charge in [-0.3, -0.25) is 9.69 Å². The summed E-state index contributed by atoms with van der Waals surface area (Å²) in [7, 11) is -3.77. The van der Waals surface area contributed by atoms with Gasteiger partial charge >= 0.3 is 5.97 Å². The zero-order valence-corrected chi connectivity index (χ0v) is 14.4. The van der Waals surface area contributed by atoms with Crippen molar-refractivity contribution in [3.05, 3.63) is 29.0 Å². The molecule has 1 unspecified atom stereocenters. The molecule has 24 heavy (non-hydrogen) atoms. The average Bonchev–Trinajstić information content (AvgIpc) is 3.35. The summed E-state index contributed by atoms with van der Waals surface area (Å²) in [5.74, 6) is -1.35. The van der Waals surface area contributed by atoms with E-state index >= 15 is 0 Å². The number of rotatable bonds is 5. The highest BCUT2D eigenvalue weighted by Crippen LogP contribution is 2.36. The Hall–Kier alpha value is -1.22. The van der Waals surface area contributed by atoms with Crippen molar-refractivity contribution in [2.75, 3.05) is 26.2 Å². The van der Waals surface area contributed by atoms with Gasteiger partial charge in [0, 0.05) is 26.2 Å². The predicted molar refractivity (Wildman–Crippen MR) is 85.9 cm³/mol. The second-order valence-electron chi connectivity index (χ2n) is 6.14. The highest BCUT2D eigenvalue weighted by atomic mass is 35.5. The van der Waals surface area contributed by atoms with Crippen molar-refractivity contribution in [1.82, 2.24) is 9.21 Å². The van der Waals surface area contributed by atoms with Gasteiger partial charge in [0.2, 0.25) is 10.0 Å². The van der Waals surface area contributed by atoms with Gasteiger partial charge in [-0.15, -0.1) is 0 Å². The Morgan fingerprint density at radius 3 is 2.38 bits per heavy atom. The van der Waals surface area contributed by atoms with Gasteiger partial charge in [-0.2, -0.15) is 4.31 Å². The first-order chi connectivity index (χ1) is 11.3. The fourth-order valence-electron chi connectivity index (χ4n) is 3.08. The van der Waals surface area contributed by atoms with E-state index in [1.165, 1.54) is 10.4 Å². The Morgan fingerprint density at radius 2 is 1.88 bits per heavy atom. The highest BCUT2D eigenvalue weighted by molar-refractivity contribution is 7.89. The van der Waals surface area contributed by atoms with Crippen LogP contribution in [0.4, 0.5) is 4.39 Å². The molecule has 1 heterocycles. The topological polar surface area (TPSA) is 77.9 Å². The second-order valence-corrected chi connectivity index (χ2v) is 8.48. The number of sulfonamides is 1. The molecule has 0 radical (unpaired) electrons. The van der Waals surface area contributed by atoms with E-state index in [-0.39, 0.29) is 28.9 Å². The van der Waals surface area contributed by atoms with Crippen LogP contribution in [0.25, 0.3) is 0 Å². The molecule has 0 aromatic heterocycles. The van der Waals surface area contributed by atoms with E-state index in [4.69, 9.17) is 11.6 Å². The molecular weight excluding hydrogens is 359 g/mol. The third kappa shape index (κ3) is 3.42. The lowest BCUT2D eigenvalue weighted by Crippen LogP contribution is -2.54. The third-order valence-corrected chi connectivity index (χ3v) is 6.70. The third-order valence-electron chi connectivity index (χ3n) is 4.52. The number of hydrogen-bond acceptors (Lipinski definition) is 4. The lowest BCUT2D eigenvalue weighted by molar-refractivity contribution is -0.144. The molecular formula is C15H18ClFN2O4S. The summed E-state index contributed by atoms with van der Waals surface area (Å²) in [5.41, 5.74) is 0. The van der Waals surface area contributed by atoms with E-state index < -0.39 is 27.9 Å². The van der Waals surface area contributed by atoms with Crippen LogP contribution in [-0.2, 0) is 14.8 Å². The molecule has 3 rings (SSSR count). The minimum Gasteiger partial charge on any atom is -0.480 e. The summed E-state index contributed by atoms with van der Waals surface area (Å²) in [6.07, 6.45) is 1.81. The molecule has 1 aliphatic carbocycles. The quantitative estimate of drug-likeness (QED) is 0.845. The van der Waals surface area contributed by atoms with Gasteiger partial charge in [0.15, 0.2) is 0 Å². The van der Waals surface area contributed by atoms with Crippen LogP contribution in [0, 0.1) is 11.7 Å². The van der Waals surface area contributed by atoms with Gasteiger partial charge in [0.25, 0.3) is 0 Å². The Balaban J connectivity index is 1.71. The lowest BCUT2D eigenvalue weighted by Gasteiger charge is -2.37. The molecule has 1 aromatic carbocycles. The van der Waals surface area contributed by atoms with Crippen LogP contribution in [0.15, 0.2) is 23.1 Å². The standard InChI is InChI=1S/C15H18ClFN2O4S/c16-12-9-11(3-4-13(12)17)24(22,23)19-7-5-18(6-8-19)14(15(20)21)10-1-2-10/h3-4,9-10,14H,1-2,5-8H2,(H,20,21). The van der Waals surface area contributed by atoms with Crippen molar-refractivity contribution in [2.24, 2.45) is 5.92 Å². The fraction of sp³-hybridized carbons (Fsp3) is 0.533. The predicted octanol–water partition coefficient (Wildman–Crippen LogP) is 1.65. The van der Waals surface area contributed by atoms with E-state index in [9.17, 15) is 22.7 Å². The number of carboxylic acids is 1. The first-order valence-electron chi connectivity index (χ1n) is 7.73. The summed E-state index contributed by atoms with van der Waals surface area (Å²) in [5, 5.41) is 9.13. The Bertz CT molecular complexity index is 746. The van der Waals surface area contributed by atoms with E-state index in [1.807, 2.05) is 4.90 Å². The van der Waals surface area contributed by atoms with Gasteiger partial charge in [-0.05, 0) is 37.0 Å². The van der Waals surface area contributed by atoms with Crippen LogP contribution in [0.2, 0.25) is 5.02 Å². The molecule has 1 aliphatic heterocycles. The molecule has 0 bridgehead atoms. The van der Waals surface area contributed by atoms with E-state index in [1.54, 1.807) is 0 Å². The smallest absolute Gasteiger partial charge is 0.321 e. The molecule has 2 fully saturated rings. The summed E-state index contributed by atoms with van der Waals surface area (Å²) < 4.78 is 39.7. The first kappa shape index (κ1) is 17.6. The van der Waals surface area contributed by atoms with Gasteiger partial charge in [-0.1, -0.05) is 11.6 Å². The number of carbonyl (C=O) groups is 1. The maximum absolute atomic E-state index is 13.2. The minimum absolute atomic E-state index is 0.0562. The summed E-state index contributed by atoms with van der Waals surface area (Å²) in [6, 6.07) is 2.78. The number of nitrogens with zero attached hydrogens (tertiary/aromatic N) is 2. The molecule has 132 valence electrons. The van der Waals surface area contributed by atoms with Crippen LogP contribution < -0.4 is 0 Å². The lowest BCUT2D eigenvalue weighted by atomic mass is 10.1. The molecule has 1 aromatic rings. The molecule has 1 saturated carbocycles. The largest absolute Gasteiger partial charge is 0.480 e. The van der Waals surface area contributed by atoms with Crippen molar-refractivity contribution < 1.29 is 22.7 Å². The molecule has 0 spiro atoms. The first-order valence-corrected chi connectivity index (χ1v) is 9.54. The zero-order valence-electron chi connectivity index (χ0n) is 12.9. The monoisotopic (exact) mass is 376 g/mol. The summed E-state index contributed by atoms with van der Waals surface area (Å²) >= 11 is 5.67. The number of benzene rings is 1. The van der Waals surface area contributed by atoms with Gasteiger partial charge < -0.3 is 5.11 Å². The average molecular weight is 377 g/mol. The van der Waals surface area contributed by atoms with Crippen LogP contribution in [0.5, 0.6) is 0 Å². The van der Waals surface area contributed by atoms with E-state index in [0.29, 0.717) is 13.1 Å². The molecule has 1 atom stereocenters. The van der Waals surface area contributed by atoms with E-state index in [0.717, 1.165) is 25.0 Å². The molecule has 1 saturated heterocycles. The fourth-order valence-corrected chi connectivity index (χ4v) is 4.77. The normalized spacial score (nSPS) is 21.6. The maximum atomic E-state index is 13.2. The minimum atomic E-state index is -3.77. The summed E-state index contributed by atoms with van der Waals surface area (Å²) in [4.78, 5) is 13.2. The SMILES string of the molecule is O=C(O)C(C1CC1)N1CCN(S(=O)(=O)c2ccc(F)c(Cl)c2)CC1. The van der Waals surface area contributed by atoms with Gasteiger partial charge in [0.1, 0.15) is 11.9 Å². The number of piperazine rings is 1. The number of halogens is 2. The second kappa shape index (κ2) is 6.59. The highest BCUT2D eigenvalue weighted by Gasteiger charge is 2.42.